The van der Waals surface area contributed by atoms with Crippen molar-refractivity contribution in [2.45, 2.75) is 32.8 Å². The molecule has 0 fully saturated rings. The number of esters is 1. The van der Waals surface area contributed by atoms with Gasteiger partial charge in [-0.2, -0.15) is 5.26 Å². The summed E-state index contributed by atoms with van der Waals surface area (Å²) < 4.78 is 5.05. The number of nitrogens with zero attached hydrogens (tertiary/aromatic N) is 1. The van der Waals surface area contributed by atoms with E-state index in [1.807, 2.05) is 26.8 Å². The summed E-state index contributed by atoms with van der Waals surface area (Å²) in [5, 5.41) is 9.03. The third-order valence-corrected chi connectivity index (χ3v) is 1.90. The smallest absolute Gasteiger partial charge is 0.332 e. The minimum absolute atomic E-state index is 0.437. The van der Waals surface area contributed by atoms with Crippen molar-refractivity contribution in [3.63, 3.8) is 0 Å². The van der Waals surface area contributed by atoms with Crippen LogP contribution in [0.3, 0.4) is 0 Å². The molecule has 0 saturated carbocycles. The summed E-state index contributed by atoms with van der Waals surface area (Å²) in [4.78, 5) is 11.2. The molecule has 3 heteroatoms. The third-order valence-electron chi connectivity index (χ3n) is 1.90. The summed E-state index contributed by atoms with van der Waals surface area (Å²) in [6, 6.07) is 2.05. The lowest BCUT2D eigenvalue weighted by Crippen LogP contribution is -2.34. The first kappa shape index (κ1) is 10.5. The van der Waals surface area contributed by atoms with Gasteiger partial charge in [0.2, 0.25) is 5.60 Å². The molecule has 1 aliphatic rings. The molecule has 0 N–H and O–H groups in total. The molecular formula is C11H13NO2. The Morgan fingerprint density at radius 2 is 2.36 bits per heavy atom. The molecule has 0 aromatic heterocycles. The first-order chi connectivity index (χ1) is 6.47. The zero-order valence-corrected chi connectivity index (χ0v) is 8.63. The summed E-state index contributed by atoms with van der Waals surface area (Å²) in [6.45, 7) is 5.58. The maximum atomic E-state index is 11.2. The topological polar surface area (TPSA) is 50.1 Å². The predicted octanol–water partition coefficient (Wildman–Crippen LogP) is 2.11. The monoisotopic (exact) mass is 191 g/mol. The first-order valence-corrected chi connectivity index (χ1v) is 4.45. The van der Waals surface area contributed by atoms with Crippen LogP contribution < -0.4 is 0 Å². The molecule has 1 unspecified atom stereocenters. The molecular weight excluding hydrogens is 178 g/mol. The second kappa shape index (κ2) is 3.67. The number of allylic oxidation sites excluding steroid dienone is 1. The van der Waals surface area contributed by atoms with Crippen molar-refractivity contribution in [3.05, 3.63) is 23.3 Å². The number of cyclic esters (lactones) is 1. The summed E-state index contributed by atoms with van der Waals surface area (Å²) in [5.41, 5.74) is 0.753. The molecule has 1 atom stereocenters. The van der Waals surface area contributed by atoms with E-state index in [-0.39, 0.29) is 0 Å². The van der Waals surface area contributed by atoms with Crippen molar-refractivity contribution in [1.82, 2.24) is 0 Å². The van der Waals surface area contributed by atoms with E-state index in [2.05, 4.69) is 0 Å². The van der Waals surface area contributed by atoms with Gasteiger partial charge in [0.1, 0.15) is 6.07 Å². The largest absolute Gasteiger partial charge is 0.436 e. The number of rotatable bonds is 1. The van der Waals surface area contributed by atoms with Gasteiger partial charge in [0, 0.05) is 12.5 Å². The van der Waals surface area contributed by atoms with E-state index >= 15 is 0 Å². The van der Waals surface area contributed by atoms with Gasteiger partial charge in [-0.05, 0) is 26.8 Å². The highest BCUT2D eigenvalue weighted by molar-refractivity contribution is 5.84. The van der Waals surface area contributed by atoms with Crippen LogP contribution in [0.15, 0.2) is 23.3 Å². The van der Waals surface area contributed by atoms with Gasteiger partial charge in [0.25, 0.3) is 0 Å². The molecule has 14 heavy (non-hydrogen) atoms. The molecule has 0 aromatic carbocycles. The fraction of sp³-hybridized carbons (Fsp3) is 0.455. The zero-order valence-electron chi connectivity index (χ0n) is 8.63. The Morgan fingerprint density at radius 3 is 2.79 bits per heavy atom. The van der Waals surface area contributed by atoms with E-state index in [0.717, 1.165) is 11.1 Å². The maximum Gasteiger partial charge on any atom is 0.332 e. The van der Waals surface area contributed by atoms with Gasteiger partial charge >= 0.3 is 5.97 Å². The van der Waals surface area contributed by atoms with Crippen LogP contribution in [-0.4, -0.2) is 11.6 Å². The van der Waals surface area contributed by atoms with Crippen LogP contribution in [0.1, 0.15) is 27.2 Å². The van der Waals surface area contributed by atoms with E-state index in [0.29, 0.717) is 6.42 Å². The fourth-order valence-corrected chi connectivity index (χ4v) is 1.55. The van der Waals surface area contributed by atoms with Crippen LogP contribution in [0.25, 0.3) is 0 Å². The first-order valence-electron chi connectivity index (χ1n) is 4.45. The predicted molar refractivity (Wildman–Crippen MR) is 52.2 cm³/mol. The minimum atomic E-state index is -1.09. The quantitative estimate of drug-likeness (QED) is 0.471. The molecule has 3 nitrogen and oxygen atoms in total. The van der Waals surface area contributed by atoms with Crippen molar-refractivity contribution in [2.75, 3.05) is 0 Å². The Balaban J connectivity index is 3.06. The van der Waals surface area contributed by atoms with E-state index in [1.54, 1.807) is 6.08 Å². The Bertz CT molecular complexity index is 356. The molecule has 0 saturated heterocycles. The lowest BCUT2D eigenvalue weighted by molar-refractivity contribution is -0.146. The molecule has 1 heterocycles. The van der Waals surface area contributed by atoms with Crippen molar-refractivity contribution >= 4 is 5.97 Å². The molecule has 1 rings (SSSR count). The van der Waals surface area contributed by atoms with Gasteiger partial charge in [0.15, 0.2) is 0 Å². The number of nitriles is 1. The fourth-order valence-electron chi connectivity index (χ4n) is 1.55. The molecule has 74 valence electrons. The second-order valence-corrected chi connectivity index (χ2v) is 3.81. The Labute approximate surface area is 83.7 Å². The highest BCUT2D eigenvalue weighted by Gasteiger charge is 2.35. The standard InChI is InChI=1S/C11H13NO2/c1-8(2)5-11(7-12)6-9(3)4-10(13)14-11/h4-5H,6H2,1-3H3. The Morgan fingerprint density at radius 1 is 1.71 bits per heavy atom. The summed E-state index contributed by atoms with van der Waals surface area (Å²) >= 11 is 0. The lowest BCUT2D eigenvalue weighted by Gasteiger charge is -2.27. The molecule has 0 radical (unpaired) electrons. The summed E-state index contributed by atoms with van der Waals surface area (Å²) in [7, 11) is 0. The van der Waals surface area contributed by atoms with E-state index in [4.69, 9.17) is 10.00 Å². The molecule has 0 aliphatic carbocycles. The van der Waals surface area contributed by atoms with Crippen molar-refractivity contribution in [3.8, 4) is 6.07 Å². The normalized spacial score (nSPS) is 25.9. The zero-order chi connectivity index (χ0) is 10.8. The van der Waals surface area contributed by atoms with Crippen LogP contribution in [0, 0.1) is 11.3 Å². The third kappa shape index (κ3) is 2.23. The van der Waals surface area contributed by atoms with Gasteiger partial charge in [-0.1, -0.05) is 11.1 Å². The van der Waals surface area contributed by atoms with Crippen LogP contribution >= 0.6 is 0 Å². The molecule has 0 spiro atoms. The summed E-state index contributed by atoms with van der Waals surface area (Å²) in [6.07, 6.45) is 3.58. The Hall–Kier alpha value is -1.56. The number of carbonyl (C=O) groups is 1. The van der Waals surface area contributed by atoms with Gasteiger partial charge in [0.05, 0.1) is 0 Å². The van der Waals surface area contributed by atoms with Gasteiger partial charge < -0.3 is 4.74 Å². The minimum Gasteiger partial charge on any atom is -0.436 e. The second-order valence-electron chi connectivity index (χ2n) is 3.81. The highest BCUT2D eigenvalue weighted by Crippen LogP contribution is 2.27. The Kier molecular flexibility index (Phi) is 2.76. The molecule has 0 amide bonds. The van der Waals surface area contributed by atoms with Gasteiger partial charge in [-0.15, -0.1) is 0 Å². The van der Waals surface area contributed by atoms with Crippen LogP contribution in [-0.2, 0) is 9.53 Å². The van der Waals surface area contributed by atoms with E-state index < -0.39 is 11.6 Å². The average molecular weight is 191 g/mol. The maximum absolute atomic E-state index is 11.2. The van der Waals surface area contributed by atoms with Gasteiger partial charge in [-0.25, -0.2) is 4.79 Å². The van der Waals surface area contributed by atoms with E-state index in [1.165, 1.54) is 6.08 Å². The highest BCUT2D eigenvalue weighted by atomic mass is 16.6. The number of hydrogen-bond donors (Lipinski definition) is 0. The number of carbonyl (C=O) groups excluding carboxylic acids is 1. The molecule has 1 aliphatic heterocycles. The molecule has 0 aromatic rings. The molecule has 0 bridgehead atoms. The van der Waals surface area contributed by atoms with Gasteiger partial charge in [-0.3, -0.25) is 0 Å². The lowest BCUT2D eigenvalue weighted by atomic mass is 9.92. The van der Waals surface area contributed by atoms with E-state index in [9.17, 15) is 4.79 Å². The van der Waals surface area contributed by atoms with Crippen LogP contribution in [0.5, 0.6) is 0 Å². The number of ether oxygens (including phenoxy) is 1. The number of hydrogen-bond acceptors (Lipinski definition) is 3. The van der Waals surface area contributed by atoms with Crippen molar-refractivity contribution < 1.29 is 9.53 Å². The van der Waals surface area contributed by atoms with Crippen LogP contribution in [0.4, 0.5) is 0 Å². The van der Waals surface area contributed by atoms with Crippen molar-refractivity contribution in [1.29, 1.82) is 5.26 Å². The SMILES string of the molecule is CC(C)=CC1(C#N)CC(C)=CC(=O)O1. The summed E-state index contributed by atoms with van der Waals surface area (Å²) in [5.74, 6) is -0.437. The van der Waals surface area contributed by atoms with Crippen molar-refractivity contribution in [2.24, 2.45) is 0 Å². The van der Waals surface area contributed by atoms with Crippen LogP contribution in [0.2, 0.25) is 0 Å². The average Bonchev–Trinajstić information content (AvgIpc) is 2.00.